The molecule has 0 aliphatic carbocycles. The summed E-state index contributed by atoms with van der Waals surface area (Å²) < 4.78 is 6.68. The summed E-state index contributed by atoms with van der Waals surface area (Å²) >= 11 is 0. The molecule has 0 atom stereocenters. The van der Waals surface area contributed by atoms with E-state index in [1.54, 1.807) is 13.1 Å². The van der Waals surface area contributed by atoms with E-state index in [1.807, 2.05) is 6.92 Å². The van der Waals surface area contributed by atoms with Crippen LogP contribution in [0.3, 0.4) is 0 Å². The molecule has 94 valence electrons. The zero-order chi connectivity index (χ0) is 13.3. The lowest BCUT2D eigenvalue weighted by Crippen LogP contribution is -2.22. The third-order valence-electron chi connectivity index (χ3n) is 2.51. The molecule has 0 unspecified atom stereocenters. The molecule has 0 aromatic carbocycles. The molecule has 0 amide bonds. The molecule has 0 spiro atoms. The van der Waals surface area contributed by atoms with Crippen LogP contribution < -0.4 is 5.69 Å². The van der Waals surface area contributed by atoms with Crippen LogP contribution in [0.5, 0.6) is 0 Å². The molecule has 0 saturated heterocycles. The Hall–Kier alpha value is -2.37. The van der Waals surface area contributed by atoms with Crippen molar-refractivity contribution in [3.8, 4) is 0 Å². The number of carboxylic acids is 1. The Morgan fingerprint density at radius 3 is 2.83 bits per heavy atom. The molecule has 2 rings (SSSR count). The minimum absolute atomic E-state index is 0.110. The highest BCUT2D eigenvalue weighted by atomic mass is 16.4. The van der Waals surface area contributed by atoms with Gasteiger partial charge in [0.25, 0.3) is 0 Å². The summed E-state index contributed by atoms with van der Waals surface area (Å²) in [5.41, 5.74) is 0.557. The molecule has 2 aromatic heterocycles. The lowest BCUT2D eigenvalue weighted by atomic mass is 10.2. The summed E-state index contributed by atoms with van der Waals surface area (Å²) in [5.74, 6) is -0.303. The fraction of sp³-hybridized carbons (Fsp3) is 0.250. The van der Waals surface area contributed by atoms with Crippen molar-refractivity contribution in [2.24, 2.45) is 0 Å². The van der Waals surface area contributed by atoms with E-state index < -0.39 is 11.7 Å². The zero-order valence-corrected chi connectivity index (χ0v) is 10.0. The van der Waals surface area contributed by atoms with Crippen molar-refractivity contribution in [1.82, 2.24) is 9.55 Å². The van der Waals surface area contributed by atoms with Crippen LogP contribution in [0.1, 0.15) is 27.4 Å². The maximum Gasteiger partial charge on any atom is 0.347 e. The van der Waals surface area contributed by atoms with E-state index in [9.17, 15) is 9.59 Å². The number of aromatic carboxylic acids is 1. The first-order chi connectivity index (χ1) is 8.47. The van der Waals surface area contributed by atoms with Crippen molar-refractivity contribution >= 4 is 5.97 Å². The van der Waals surface area contributed by atoms with Crippen LogP contribution in [0.25, 0.3) is 0 Å². The minimum atomic E-state index is -1.04. The van der Waals surface area contributed by atoms with Gasteiger partial charge >= 0.3 is 11.7 Å². The second kappa shape index (κ2) is 4.48. The maximum atomic E-state index is 11.5. The molecular formula is C12H12N2O4. The zero-order valence-electron chi connectivity index (χ0n) is 10.0. The van der Waals surface area contributed by atoms with E-state index in [0.717, 1.165) is 5.56 Å². The number of rotatable bonds is 3. The van der Waals surface area contributed by atoms with Crippen molar-refractivity contribution in [1.29, 1.82) is 0 Å². The van der Waals surface area contributed by atoms with Crippen LogP contribution in [0.2, 0.25) is 0 Å². The van der Waals surface area contributed by atoms with Gasteiger partial charge in [-0.05, 0) is 25.5 Å². The lowest BCUT2D eigenvalue weighted by Gasteiger charge is -2.02. The Morgan fingerprint density at radius 1 is 1.50 bits per heavy atom. The number of furan rings is 1. The molecule has 6 nitrogen and oxygen atoms in total. The number of nitrogens with zero attached hydrogens (tertiary/aromatic N) is 2. The van der Waals surface area contributed by atoms with E-state index in [0.29, 0.717) is 11.5 Å². The summed E-state index contributed by atoms with van der Waals surface area (Å²) in [7, 11) is 0. The topological polar surface area (TPSA) is 85.3 Å². The van der Waals surface area contributed by atoms with Crippen molar-refractivity contribution < 1.29 is 14.3 Å². The number of carboxylic acid groups (broad SMARTS) is 1. The van der Waals surface area contributed by atoms with Gasteiger partial charge in [0.15, 0.2) is 0 Å². The highest BCUT2D eigenvalue weighted by Gasteiger charge is 2.14. The summed E-state index contributed by atoms with van der Waals surface area (Å²) in [6.07, 6.45) is 3.13. The molecule has 0 bridgehead atoms. The summed E-state index contributed by atoms with van der Waals surface area (Å²) in [5, 5.41) is 8.90. The maximum absolute atomic E-state index is 11.5. The molecule has 0 aliphatic heterocycles. The number of aromatic nitrogens is 2. The highest BCUT2D eigenvalue weighted by molar-refractivity contribution is 5.88. The van der Waals surface area contributed by atoms with Gasteiger partial charge in [0, 0.05) is 12.4 Å². The third-order valence-corrected chi connectivity index (χ3v) is 2.51. The standard InChI is InChI=1S/C12H12N2O4/c1-7-4-13-12(17)14(5-7)6-9-3-10(11(15)16)8(2)18-9/h3-5H,6H2,1-2H3,(H,15,16). The number of carbonyl (C=O) groups is 1. The highest BCUT2D eigenvalue weighted by Crippen LogP contribution is 2.15. The van der Waals surface area contributed by atoms with E-state index in [4.69, 9.17) is 9.52 Å². The van der Waals surface area contributed by atoms with E-state index in [2.05, 4.69) is 4.98 Å². The second-order valence-corrected chi connectivity index (χ2v) is 4.03. The molecular weight excluding hydrogens is 236 g/mol. The number of aryl methyl sites for hydroxylation is 2. The smallest absolute Gasteiger partial charge is 0.347 e. The Labute approximate surface area is 103 Å². The molecule has 0 saturated carbocycles. The van der Waals surface area contributed by atoms with Gasteiger partial charge in [-0.2, -0.15) is 0 Å². The van der Waals surface area contributed by atoms with Gasteiger partial charge < -0.3 is 9.52 Å². The lowest BCUT2D eigenvalue weighted by molar-refractivity contribution is 0.0695. The fourth-order valence-corrected chi connectivity index (χ4v) is 1.68. The van der Waals surface area contributed by atoms with Crippen molar-refractivity contribution in [3.63, 3.8) is 0 Å². The van der Waals surface area contributed by atoms with Crippen LogP contribution in [-0.2, 0) is 6.54 Å². The molecule has 0 aliphatic rings. The van der Waals surface area contributed by atoms with Crippen LogP contribution in [0, 0.1) is 13.8 Å². The van der Waals surface area contributed by atoms with E-state index >= 15 is 0 Å². The predicted octanol–water partition coefficient (Wildman–Crippen LogP) is 1.20. The first kappa shape index (κ1) is 12.1. The Bertz CT molecular complexity index is 654. The quantitative estimate of drug-likeness (QED) is 0.882. The minimum Gasteiger partial charge on any atom is -0.478 e. The Kier molecular flexibility index (Phi) is 3.01. The van der Waals surface area contributed by atoms with Crippen molar-refractivity contribution in [3.05, 3.63) is 51.6 Å². The van der Waals surface area contributed by atoms with Gasteiger partial charge in [-0.15, -0.1) is 0 Å². The van der Waals surface area contributed by atoms with Crippen molar-refractivity contribution in [2.45, 2.75) is 20.4 Å². The van der Waals surface area contributed by atoms with Crippen LogP contribution in [0.15, 0.2) is 27.7 Å². The van der Waals surface area contributed by atoms with E-state index in [1.165, 1.54) is 16.8 Å². The largest absolute Gasteiger partial charge is 0.478 e. The molecule has 1 N–H and O–H groups in total. The van der Waals surface area contributed by atoms with E-state index in [-0.39, 0.29) is 12.1 Å². The van der Waals surface area contributed by atoms with Gasteiger partial charge in [0.2, 0.25) is 0 Å². The van der Waals surface area contributed by atoms with Gasteiger partial charge in [-0.25, -0.2) is 14.6 Å². The average Bonchev–Trinajstić information content (AvgIpc) is 2.65. The SMILES string of the molecule is Cc1cnc(=O)n(Cc2cc(C(=O)O)c(C)o2)c1. The van der Waals surface area contributed by atoms with Crippen molar-refractivity contribution in [2.75, 3.05) is 0 Å². The molecule has 2 heterocycles. The van der Waals surface area contributed by atoms with Gasteiger partial charge in [0.1, 0.15) is 17.1 Å². The van der Waals surface area contributed by atoms with Gasteiger partial charge in [-0.1, -0.05) is 0 Å². The third kappa shape index (κ3) is 2.32. The van der Waals surface area contributed by atoms with Gasteiger partial charge in [0.05, 0.1) is 6.54 Å². The second-order valence-electron chi connectivity index (χ2n) is 4.03. The van der Waals surface area contributed by atoms with Crippen LogP contribution in [-0.4, -0.2) is 20.6 Å². The van der Waals surface area contributed by atoms with Crippen LogP contribution >= 0.6 is 0 Å². The summed E-state index contributed by atoms with van der Waals surface area (Å²) in [4.78, 5) is 26.1. The predicted molar refractivity (Wildman–Crippen MR) is 62.7 cm³/mol. The molecule has 6 heteroatoms. The monoisotopic (exact) mass is 248 g/mol. The number of hydrogen-bond acceptors (Lipinski definition) is 4. The number of hydrogen-bond donors (Lipinski definition) is 1. The Balaban J connectivity index is 2.34. The summed E-state index contributed by atoms with van der Waals surface area (Å²) in [6, 6.07) is 1.42. The first-order valence-electron chi connectivity index (χ1n) is 5.33. The molecule has 18 heavy (non-hydrogen) atoms. The first-order valence-corrected chi connectivity index (χ1v) is 5.33. The van der Waals surface area contributed by atoms with Gasteiger partial charge in [-0.3, -0.25) is 4.57 Å². The molecule has 0 fully saturated rings. The van der Waals surface area contributed by atoms with Crippen LogP contribution in [0.4, 0.5) is 0 Å². The normalized spacial score (nSPS) is 10.6. The Morgan fingerprint density at radius 2 is 2.22 bits per heavy atom. The molecule has 0 radical (unpaired) electrons. The molecule has 2 aromatic rings. The summed E-state index contributed by atoms with van der Waals surface area (Å²) in [6.45, 7) is 3.56. The average molecular weight is 248 g/mol. The fourth-order valence-electron chi connectivity index (χ4n) is 1.68.